The molecule has 0 aromatic carbocycles. The first-order chi connectivity index (χ1) is 7.22. The molecule has 21 heavy (non-hydrogen) atoms. The fourth-order valence-electron chi connectivity index (χ4n) is 0.760. The summed E-state index contributed by atoms with van der Waals surface area (Å²) < 4.78 is 0. The lowest BCUT2D eigenvalue weighted by Crippen LogP contribution is -2.00. The van der Waals surface area contributed by atoms with E-state index in [0.29, 0.717) is 36.1 Å². The summed E-state index contributed by atoms with van der Waals surface area (Å²) in [5.74, 6) is 0.436. The fourth-order valence-corrected chi connectivity index (χ4v) is 1.87. The van der Waals surface area contributed by atoms with E-state index in [4.69, 9.17) is 25.3 Å². The highest BCUT2D eigenvalue weighted by Gasteiger charge is 1.95. The quantitative estimate of drug-likeness (QED) is 0.366. The second-order valence-corrected chi connectivity index (χ2v) is 5.23. The van der Waals surface area contributed by atoms with E-state index < -0.39 is 0 Å². The molecule has 0 aliphatic carbocycles. The molecule has 3 atom stereocenters. The molecular weight excluding hydrogens is 296 g/mol. The number of hydrogen-bond acceptors (Lipinski definition) is 2. The van der Waals surface area contributed by atoms with Gasteiger partial charge < -0.3 is 10.2 Å². The molecule has 0 saturated heterocycles. The van der Waals surface area contributed by atoms with Gasteiger partial charge >= 0.3 is 0 Å². The molecule has 0 rings (SSSR count). The first-order valence-electron chi connectivity index (χ1n) is 5.31. The first-order valence-corrected chi connectivity index (χ1v) is 7.88. The standard InChI is InChI=1S/C5H12BOP.C4H10BOP.6CH4/c1-5(4-7)2-3-8-6;5-7-4-2-1-3-6;;;;;;/h5,7-8H,2-4H2,1H3;6-7H,1-4H2;6*1H4. The fraction of sp³-hybridized carbons (Fsp3) is 1.00. The maximum absolute atomic E-state index is 8.52. The topological polar surface area (TPSA) is 40.5 Å². The Morgan fingerprint density at radius 3 is 1.52 bits per heavy atom. The highest BCUT2D eigenvalue weighted by molar-refractivity contribution is 7.66. The van der Waals surface area contributed by atoms with Crippen LogP contribution in [0.4, 0.5) is 0 Å². The number of aliphatic hydroxyl groups excluding tert-OH is 2. The van der Waals surface area contributed by atoms with Gasteiger partial charge in [0.1, 0.15) is 15.1 Å². The molecule has 3 unspecified atom stereocenters. The molecule has 0 aliphatic heterocycles. The summed E-state index contributed by atoms with van der Waals surface area (Å²) in [4.78, 5) is 0. The molecule has 0 saturated carbocycles. The summed E-state index contributed by atoms with van der Waals surface area (Å²) >= 11 is 0. The lowest BCUT2D eigenvalue weighted by molar-refractivity contribution is 0.235. The van der Waals surface area contributed by atoms with Gasteiger partial charge in [-0.05, 0) is 37.5 Å². The van der Waals surface area contributed by atoms with Crippen molar-refractivity contribution in [1.29, 1.82) is 0 Å². The van der Waals surface area contributed by atoms with Crippen LogP contribution in [0.3, 0.4) is 0 Å². The molecular formula is C15H46B2O2P2. The maximum Gasteiger partial charge on any atom is 0.104 e. The Labute approximate surface area is 145 Å². The van der Waals surface area contributed by atoms with Crippen LogP contribution in [0.1, 0.15) is 70.7 Å². The van der Waals surface area contributed by atoms with Crippen molar-refractivity contribution in [1.82, 2.24) is 0 Å². The SMILES string of the molecule is C.C.C.C.C.C.[B]PCCC(C)CO.[B]PCCCCO. The van der Waals surface area contributed by atoms with Crippen LogP contribution >= 0.6 is 16.9 Å². The Morgan fingerprint density at radius 2 is 1.24 bits per heavy atom. The van der Waals surface area contributed by atoms with Gasteiger partial charge in [-0.15, -0.1) is 0 Å². The average Bonchev–Trinajstić information content (AvgIpc) is 2.27. The molecule has 0 heterocycles. The third kappa shape index (κ3) is 62.8. The van der Waals surface area contributed by atoms with Gasteiger partial charge in [-0.25, -0.2) is 0 Å². The van der Waals surface area contributed by atoms with Gasteiger partial charge in [0.25, 0.3) is 0 Å². The van der Waals surface area contributed by atoms with Gasteiger partial charge in [0.2, 0.25) is 0 Å². The van der Waals surface area contributed by atoms with Crippen LogP contribution in [0.5, 0.6) is 0 Å². The van der Waals surface area contributed by atoms with Crippen LogP contribution in [0.2, 0.25) is 0 Å². The first kappa shape index (κ1) is 49.5. The third-order valence-corrected chi connectivity index (χ3v) is 3.04. The Hall–Kier alpha value is 0.910. The Kier molecular flexibility index (Phi) is 117. The lowest BCUT2D eigenvalue weighted by Gasteiger charge is -2.03. The van der Waals surface area contributed by atoms with E-state index >= 15 is 0 Å². The van der Waals surface area contributed by atoms with E-state index in [2.05, 4.69) is 0 Å². The van der Waals surface area contributed by atoms with E-state index in [9.17, 15) is 0 Å². The van der Waals surface area contributed by atoms with Crippen LogP contribution < -0.4 is 0 Å². The van der Waals surface area contributed by atoms with Gasteiger partial charge in [0, 0.05) is 13.2 Å². The highest BCUT2D eigenvalue weighted by atomic mass is 31.1. The van der Waals surface area contributed by atoms with Crippen molar-refractivity contribution in [3.05, 3.63) is 0 Å². The zero-order chi connectivity index (χ0) is 11.9. The van der Waals surface area contributed by atoms with Crippen molar-refractivity contribution in [2.24, 2.45) is 5.92 Å². The minimum absolute atomic E-state index is 0. The largest absolute Gasteiger partial charge is 0.396 e. The second kappa shape index (κ2) is 49.7. The predicted octanol–water partition coefficient (Wildman–Crippen LogP) is 5.10. The monoisotopic (exact) mass is 342 g/mol. The summed E-state index contributed by atoms with van der Waals surface area (Å²) in [5.41, 5.74) is 0. The third-order valence-electron chi connectivity index (χ3n) is 1.82. The van der Waals surface area contributed by atoms with Crippen LogP contribution in [-0.2, 0) is 0 Å². The van der Waals surface area contributed by atoms with Crippen LogP contribution in [-0.4, -0.2) is 50.9 Å². The number of unbranched alkanes of at least 4 members (excludes halogenated alkanes) is 1. The summed E-state index contributed by atoms with van der Waals surface area (Å²) in [6.45, 7) is 2.63. The second-order valence-electron chi connectivity index (χ2n) is 3.42. The number of rotatable bonds is 8. The van der Waals surface area contributed by atoms with Crippen molar-refractivity contribution in [2.45, 2.75) is 70.7 Å². The van der Waals surface area contributed by atoms with Crippen molar-refractivity contribution >= 4 is 32.1 Å². The minimum atomic E-state index is 0. The normalized spacial score (nSPS) is 9.48. The number of aliphatic hydroxyl groups is 2. The van der Waals surface area contributed by atoms with Crippen LogP contribution in [0.15, 0.2) is 0 Å². The van der Waals surface area contributed by atoms with Gasteiger partial charge in [0.05, 0.1) is 0 Å². The lowest BCUT2D eigenvalue weighted by atomic mass is 10.1. The van der Waals surface area contributed by atoms with Gasteiger partial charge in [0.15, 0.2) is 0 Å². The molecule has 6 heteroatoms. The molecule has 0 spiro atoms. The predicted molar refractivity (Wildman–Crippen MR) is 115 cm³/mol. The molecule has 2 N–H and O–H groups in total. The molecule has 0 aromatic rings. The summed E-state index contributed by atoms with van der Waals surface area (Å²) in [7, 11) is 11.6. The maximum atomic E-state index is 8.52. The van der Waals surface area contributed by atoms with E-state index in [1.807, 2.05) is 6.92 Å². The Bertz CT molecular complexity index is 110. The van der Waals surface area contributed by atoms with Gasteiger partial charge in [-0.2, -0.15) is 16.9 Å². The molecule has 0 bridgehead atoms. The Morgan fingerprint density at radius 1 is 0.810 bits per heavy atom. The van der Waals surface area contributed by atoms with Crippen molar-refractivity contribution in [2.75, 3.05) is 25.5 Å². The molecule has 2 nitrogen and oxygen atoms in total. The van der Waals surface area contributed by atoms with E-state index in [0.717, 1.165) is 31.6 Å². The molecule has 0 fully saturated rings. The van der Waals surface area contributed by atoms with Crippen molar-refractivity contribution in [3.63, 3.8) is 0 Å². The van der Waals surface area contributed by atoms with E-state index in [1.54, 1.807) is 0 Å². The average molecular weight is 342 g/mol. The zero-order valence-electron chi connectivity index (χ0n) is 9.58. The highest BCUT2D eigenvalue weighted by Crippen LogP contribution is 2.08. The zero-order valence-corrected chi connectivity index (χ0v) is 11.6. The molecule has 0 aromatic heterocycles. The summed E-state index contributed by atoms with van der Waals surface area (Å²) in [6.07, 6.45) is 5.17. The van der Waals surface area contributed by atoms with Gasteiger partial charge in [-0.3, -0.25) is 0 Å². The molecule has 0 aliphatic rings. The molecule has 4 radical (unpaired) electrons. The smallest absolute Gasteiger partial charge is 0.104 e. The van der Waals surface area contributed by atoms with E-state index in [-0.39, 0.29) is 44.6 Å². The van der Waals surface area contributed by atoms with Crippen molar-refractivity contribution < 1.29 is 10.2 Å². The molecule has 134 valence electrons. The minimum Gasteiger partial charge on any atom is -0.396 e. The summed E-state index contributed by atoms with van der Waals surface area (Å²) in [6, 6.07) is 0. The number of hydrogen-bond donors (Lipinski definition) is 2. The van der Waals surface area contributed by atoms with Crippen molar-refractivity contribution in [3.8, 4) is 0 Å². The Balaban J connectivity index is -0.0000000210. The van der Waals surface area contributed by atoms with Gasteiger partial charge in [-0.1, -0.05) is 51.5 Å². The molecule has 0 amide bonds. The van der Waals surface area contributed by atoms with E-state index in [1.165, 1.54) is 0 Å². The van der Waals surface area contributed by atoms with Crippen LogP contribution in [0.25, 0.3) is 0 Å². The van der Waals surface area contributed by atoms with Crippen LogP contribution in [0, 0.1) is 5.92 Å². The summed E-state index contributed by atoms with van der Waals surface area (Å²) in [5, 5.41) is 16.8.